The zero-order valence-electron chi connectivity index (χ0n) is 12.1. The van der Waals surface area contributed by atoms with Crippen LogP contribution < -0.4 is 5.32 Å². The lowest BCUT2D eigenvalue weighted by atomic mass is 9.86. The number of nitro groups is 1. The van der Waals surface area contributed by atoms with Gasteiger partial charge in [0, 0.05) is 42.7 Å². The highest BCUT2D eigenvalue weighted by Gasteiger charge is 2.42. The lowest BCUT2D eigenvalue weighted by molar-refractivity contribution is -0.384. The molecule has 1 unspecified atom stereocenters. The summed E-state index contributed by atoms with van der Waals surface area (Å²) >= 11 is 0. The number of non-ortho nitro benzene ring substituents is 1. The molecule has 1 aromatic rings. The zero-order valence-corrected chi connectivity index (χ0v) is 12.1. The standard InChI is InChI=1S/C15H19N3O3/c1-11-2-3-12(18(20)21)8-13(11)14(19)17-7-5-15(10-17)4-6-16-9-15/h2-3,8,16H,4-7,9-10H2,1H3. The quantitative estimate of drug-likeness (QED) is 0.664. The summed E-state index contributed by atoms with van der Waals surface area (Å²) in [6.45, 7) is 5.28. The second-order valence-electron chi connectivity index (χ2n) is 6.16. The van der Waals surface area contributed by atoms with Gasteiger partial charge in [-0.2, -0.15) is 0 Å². The van der Waals surface area contributed by atoms with E-state index >= 15 is 0 Å². The van der Waals surface area contributed by atoms with Crippen molar-refractivity contribution in [2.75, 3.05) is 26.2 Å². The molecule has 2 heterocycles. The fraction of sp³-hybridized carbons (Fsp3) is 0.533. The minimum atomic E-state index is -0.456. The molecule has 1 spiro atoms. The largest absolute Gasteiger partial charge is 0.338 e. The van der Waals surface area contributed by atoms with Crippen LogP contribution in [-0.4, -0.2) is 41.9 Å². The van der Waals surface area contributed by atoms with Gasteiger partial charge >= 0.3 is 0 Å². The summed E-state index contributed by atoms with van der Waals surface area (Å²) in [7, 11) is 0. The van der Waals surface area contributed by atoms with Gasteiger partial charge in [0.1, 0.15) is 0 Å². The van der Waals surface area contributed by atoms with Crippen LogP contribution in [0.2, 0.25) is 0 Å². The number of rotatable bonds is 2. The topological polar surface area (TPSA) is 75.5 Å². The third kappa shape index (κ3) is 2.51. The van der Waals surface area contributed by atoms with E-state index < -0.39 is 4.92 Å². The molecule has 3 rings (SSSR count). The van der Waals surface area contributed by atoms with Crippen molar-refractivity contribution in [3.05, 3.63) is 39.4 Å². The second kappa shape index (κ2) is 5.11. The Balaban J connectivity index is 1.82. The highest BCUT2D eigenvalue weighted by atomic mass is 16.6. The van der Waals surface area contributed by atoms with E-state index in [0.29, 0.717) is 5.56 Å². The Hall–Kier alpha value is -1.95. The Kier molecular flexibility index (Phi) is 3.41. The average Bonchev–Trinajstić information content (AvgIpc) is 3.09. The van der Waals surface area contributed by atoms with Crippen molar-refractivity contribution in [3.63, 3.8) is 0 Å². The number of carbonyl (C=O) groups is 1. The molecule has 1 atom stereocenters. The molecule has 1 amide bonds. The van der Waals surface area contributed by atoms with Crippen LogP contribution in [0.3, 0.4) is 0 Å². The summed E-state index contributed by atoms with van der Waals surface area (Å²) in [6, 6.07) is 4.49. The van der Waals surface area contributed by atoms with Gasteiger partial charge in [-0.15, -0.1) is 0 Å². The van der Waals surface area contributed by atoms with E-state index in [-0.39, 0.29) is 17.0 Å². The normalized spacial score (nSPS) is 24.7. The Morgan fingerprint density at radius 3 is 2.90 bits per heavy atom. The van der Waals surface area contributed by atoms with Crippen LogP contribution in [0.4, 0.5) is 5.69 Å². The van der Waals surface area contributed by atoms with Gasteiger partial charge in [-0.05, 0) is 31.9 Å². The molecular weight excluding hydrogens is 270 g/mol. The van der Waals surface area contributed by atoms with E-state index in [9.17, 15) is 14.9 Å². The molecule has 2 aliphatic heterocycles. The monoisotopic (exact) mass is 289 g/mol. The van der Waals surface area contributed by atoms with E-state index in [2.05, 4.69) is 5.32 Å². The van der Waals surface area contributed by atoms with Gasteiger partial charge in [0.2, 0.25) is 0 Å². The number of benzene rings is 1. The van der Waals surface area contributed by atoms with Gasteiger partial charge in [0.05, 0.1) is 4.92 Å². The number of amides is 1. The fourth-order valence-corrected chi connectivity index (χ4v) is 3.38. The summed E-state index contributed by atoms with van der Waals surface area (Å²) in [5, 5.41) is 14.2. The third-order valence-electron chi connectivity index (χ3n) is 4.72. The number of nitrogens with zero attached hydrogens (tertiary/aromatic N) is 2. The Morgan fingerprint density at radius 2 is 2.24 bits per heavy atom. The lowest BCUT2D eigenvalue weighted by Crippen LogP contribution is -2.33. The summed E-state index contributed by atoms with van der Waals surface area (Å²) < 4.78 is 0. The molecule has 0 bridgehead atoms. The van der Waals surface area contributed by atoms with Gasteiger partial charge in [0.25, 0.3) is 11.6 Å². The van der Waals surface area contributed by atoms with Crippen LogP contribution in [-0.2, 0) is 0 Å². The first-order valence-electron chi connectivity index (χ1n) is 7.26. The van der Waals surface area contributed by atoms with E-state index in [4.69, 9.17) is 0 Å². The predicted octanol–water partition coefficient (Wildman–Crippen LogP) is 1.73. The molecule has 0 radical (unpaired) electrons. The Labute approximate surface area is 123 Å². The number of carbonyl (C=O) groups excluding carboxylic acids is 1. The van der Waals surface area contributed by atoms with Crippen molar-refractivity contribution < 1.29 is 9.72 Å². The van der Waals surface area contributed by atoms with Crippen molar-refractivity contribution in [2.24, 2.45) is 5.41 Å². The van der Waals surface area contributed by atoms with Gasteiger partial charge in [-0.3, -0.25) is 14.9 Å². The molecule has 1 aromatic carbocycles. The van der Waals surface area contributed by atoms with Crippen LogP contribution in [0.1, 0.15) is 28.8 Å². The maximum Gasteiger partial charge on any atom is 0.270 e. The van der Waals surface area contributed by atoms with E-state index in [0.717, 1.165) is 44.6 Å². The number of nitrogens with one attached hydrogen (secondary N) is 1. The van der Waals surface area contributed by atoms with Crippen molar-refractivity contribution in [1.82, 2.24) is 10.2 Å². The van der Waals surface area contributed by atoms with Crippen molar-refractivity contribution in [3.8, 4) is 0 Å². The zero-order chi connectivity index (χ0) is 15.0. The first kappa shape index (κ1) is 14.0. The molecule has 1 N–H and O–H groups in total. The number of hydrogen-bond donors (Lipinski definition) is 1. The lowest BCUT2D eigenvalue weighted by Gasteiger charge is -2.23. The van der Waals surface area contributed by atoms with Gasteiger partial charge < -0.3 is 10.2 Å². The molecule has 21 heavy (non-hydrogen) atoms. The van der Waals surface area contributed by atoms with Crippen LogP contribution in [0, 0.1) is 22.5 Å². The molecule has 2 fully saturated rings. The van der Waals surface area contributed by atoms with Crippen LogP contribution in [0.5, 0.6) is 0 Å². The summed E-state index contributed by atoms with van der Waals surface area (Å²) in [4.78, 5) is 24.9. The van der Waals surface area contributed by atoms with Crippen molar-refractivity contribution in [1.29, 1.82) is 0 Å². The molecule has 6 heteroatoms. The molecule has 2 aliphatic rings. The van der Waals surface area contributed by atoms with E-state index in [1.54, 1.807) is 6.07 Å². The number of nitro benzene ring substituents is 1. The highest BCUT2D eigenvalue weighted by molar-refractivity contribution is 5.96. The molecular formula is C15H19N3O3. The fourth-order valence-electron chi connectivity index (χ4n) is 3.38. The van der Waals surface area contributed by atoms with Crippen LogP contribution in [0.25, 0.3) is 0 Å². The van der Waals surface area contributed by atoms with Gasteiger partial charge in [-0.25, -0.2) is 0 Å². The Bertz CT molecular complexity index is 594. The maximum atomic E-state index is 12.7. The molecule has 2 saturated heterocycles. The minimum absolute atomic E-state index is 0.0274. The average molecular weight is 289 g/mol. The van der Waals surface area contributed by atoms with Crippen LogP contribution >= 0.6 is 0 Å². The predicted molar refractivity (Wildman–Crippen MR) is 78.3 cm³/mol. The highest BCUT2D eigenvalue weighted by Crippen LogP contribution is 2.36. The van der Waals surface area contributed by atoms with Gasteiger partial charge in [0.15, 0.2) is 0 Å². The number of aryl methyl sites for hydroxylation is 1. The van der Waals surface area contributed by atoms with Crippen LogP contribution in [0.15, 0.2) is 18.2 Å². The summed E-state index contributed by atoms with van der Waals surface area (Å²) in [5.41, 5.74) is 1.42. The molecule has 0 aromatic heterocycles. The summed E-state index contributed by atoms with van der Waals surface area (Å²) in [5.74, 6) is -0.0834. The molecule has 6 nitrogen and oxygen atoms in total. The molecule has 112 valence electrons. The van der Waals surface area contributed by atoms with Gasteiger partial charge in [-0.1, -0.05) is 6.07 Å². The van der Waals surface area contributed by atoms with E-state index in [1.165, 1.54) is 12.1 Å². The maximum absolute atomic E-state index is 12.7. The summed E-state index contributed by atoms with van der Waals surface area (Å²) in [6.07, 6.45) is 2.12. The first-order chi connectivity index (χ1) is 10.0. The number of likely N-dealkylation sites (tertiary alicyclic amines) is 1. The molecule has 0 saturated carbocycles. The third-order valence-corrected chi connectivity index (χ3v) is 4.72. The SMILES string of the molecule is Cc1ccc([N+](=O)[O-])cc1C(=O)N1CCC2(CCNC2)C1. The molecule has 0 aliphatic carbocycles. The Morgan fingerprint density at radius 1 is 1.43 bits per heavy atom. The smallest absolute Gasteiger partial charge is 0.270 e. The van der Waals surface area contributed by atoms with Crippen molar-refractivity contribution in [2.45, 2.75) is 19.8 Å². The minimum Gasteiger partial charge on any atom is -0.338 e. The first-order valence-corrected chi connectivity index (χ1v) is 7.26. The second-order valence-corrected chi connectivity index (χ2v) is 6.16. The van der Waals surface area contributed by atoms with Crippen molar-refractivity contribution >= 4 is 11.6 Å². The number of hydrogen-bond acceptors (Lipinski definition) is 4. The van der Waals surface area contributed by atoms with E-state index in [1.807, 2.05) is 11.8 Å².